The molecule has 0 aromatic carbocycles. The van der Waals surface area contributed by atoms with Crippen molar-refractivity contribution in [3.05, 3.63) is 21.9 Å². The summed E-state index contributed by atoms with van der Waals surface area (Å²) in [6.07, 6.45) is 9.28. The van der Waals surface area contributed by atoms with E-state index in [1.807, 2.05) is 11.3 Å². The molecule has 1 heterocycles. The van der Waals surface area contributed by atoms with Gasteiger partial charge in [0, 0.05) is 28.9 Å². The van der Waals surface area contributed by atoms with Crippen LogP contribution in [0.25, 0.3) is 0 Å². The van der Waals surface area contributed by atoms with Gasteiger partial charge in [-0.15, -0.1) is 11.3 Å². The minimum absolute atomic E-state index is 0.794. The number of nitrogens with one attached hydrogen (secondary N) is 1. The standard InChI is InChI=1S/C16H27NOS/c1-2-3-4-5-6-11-18-13-16-10-9-15(19-16)12-17-14-7-8-14/h9-10,14,17H,2-8,11-13H2,1H3. The molecule has 1 N–H and O–H groups in total. The summed E-state index contributed by atoms with van der Waals surface area (Å²) in [5.74, 6) is 0. The second-order valence-corrected chi connectivity index (χ2v) is 6.74. The Morgan fingerprint density at radius 3 is 2.74 bits per heavy atom. The summed E-state index contributed by atoms with van der Waals surface area (Å²) < 4.78 is 5.74. The lowest BCUT2D eigenvalue weighted by Crippen LogP contribution is -2.14. The molecule has 2 nitrogen and oxygen atoms in total. The molecule has 0 spiro atoms. The molecule has 1 aromatic rings. The zero-order valence-corrected chi connectivity index (χ0v) is 12.9. The Morgan fingerprint density at radius 2 is 1.95 bits per heavy atom. The van der Waals surface area contributed by atoms with Crippen molar-refractivity contribution < 1.29 is 4.74 Å². The zero-order chi connectivity index (χ0) is 13.3. The van der Waals surface area contributed by atoms with Gasteiger partial charge in [-0.3, -0.25) is 0 Å². The van der Waals surface area contributed by atoms with Crippen molar-refractivity contribution in [1.29, 1.82) is 0 Å². The Balaban J connectivity index is 1.50. The van der Waals surface area contributed by atoms with Gasteiger partial charge < -0.3 is 10.1 Å². The quantitative estimate of drug-likeness (QED) is 0.604. The Bertz CT molecular complexity index is 346. The number of rotatable bonds is 11. The first-order chi connectivity index (χ1) is 9.38. The molecule has 1 saturated carbocycles. The van der Waals surface area contributed by atoms with Crippen LogP contribution in [-0.4, -0.2) is 12.6 Å². The Labute approximate surface area is 121 Å². The highest BCUT2D eigenvalue weighted by molar-refractivity contribution is 7.11. The highest BCUT2D eigenvalue weighted by atomic mass is 32.1. The van der Waals surface area contributed by atoms with Crippen LogP contribution < -0.4 is 5.32 Å². The van der Waals surface area contributed by atoms with Crippen LogP contribution in [0.1, 0.15) is 61.6 Å². The Morgan fingerprint density at radius 1 is 1.16 bits per heavy atom. The number of ether oxygens (including phenoxy) is 1. The molecule has 0 aliphatic heterocycles. The van der Waals surface area contributed by atoms with Crippen molar-refractivity contribution in [1.82, 2.24) is 5.32 Å². The highest BCUT2D eigenvalue weighted by Crippen LogP contribution is 2.22. The summed E-state index contributed by atoms with van der Waals surface area (Å²) in [7, 11) is 0. The molecule has 2 rings (SSSR count). The molecule has 0 radical (unpaired) electrons. The van der Waals surface area contributed by atoms with Gasteiger partial charge >= 0.3 is 0 Å². The summed E-state index contributed by atoms with van der Waals surface area (Å²) in [5.41, 5.74) is 0. The first-order valence-corrected chi connectivity index (χ1v) is 8.59. The first kappa shape index (κ1) is 15.0. The van der Waals surface area contributed by atoms with Gasteiger partial charge in [0.1, 0.15) is 0 Å². The van der Waals surface area contributed by atoms with Gasteiger partial charge in [0.05, 0.1) is 6.61 Å². The topological polar surface area (TPSA) is 21.3 Å². The predicted molar refractivity (Wildman–Crippen MR) is 82.6 cm³/mol. The fourth-order valence-corrected chi connectivity index (χ4v) is 3.01. The van der Waals surface area contributed by atoms with Crippen molar-refractivity contribution >= 4 is 11.3 Å². The molecule has 0 saturated heterocycles. The van der Waals surface area contributed by atoms with Crippen LogP contribution in [-0.2, 0) is 17.9 Å². The van der Waals surface area contributed by atoms with E-state index in [9.17, 15) is 0 Å². The third kappa shape index (κ3) is 6.55. The van der Waals surface area contributed by atoms with Crippen LogP contribution in [0.4, 0.5) is 0 Å². The smallest absolute Gasteiger partial charge is 0.0809 e. The van der Waals surface area contributed by atoms with Gasteiger partial charge in [0.2, 0.25) is 0 Å². The molecule has 1 aliphatic rings. The summed E-state index contributed by atoms with van der Waals surface area (Å²) in [5, 5.41) is 3.55. The molecule has 3 heteroatoms. The summed E-state index contributed by atoms with van der Waals surface area (Å²) in [6, 6.07) is 5.25. The van der Waals surface area contributed by atoms with Crippen LogP contribution in [0.3, 0.4) is 0 Å². The van der Waals surface area contributed by atoms with Gasteiger partial charge in [-0.05, 0) is 31.4 Å². The second-order valence-electron chi connectivity index (χ2n) is 5.49. The van der Waals surface area contributed by atoms with Crippen molar-refractivity contribution in [2.45, 2.75) is 71.1 Å². The Kier molecular flexibility index (Phi) is 6.90. The SMILES string of the molecule is CCCCCCCOCc1ccc(CNC2CC2)s1. The largest absolute Gasteiger partial charge is 0.376 e. The van der Waals surface area contributed by atoms with E-state index >= 15 is 0 Å². The molecule has 0 unspecified atom stereocenters. The molecule has 0 atom stereocenters. The summed E-state index contributed by atoms with van der Waals surface area (Å²) >= 11 is 1.89. The number of hydrogen-bond donors (Lipinski definition) is 1. The fraction of sp³-hybridized carbons (Fsp3) is 0.750. The zero-order valence-electron chi connectivity index (χ0n) is 12.1. The monoisotopic (exact) mass is 281 g/mol. The molecular weight excluding hydrogens is 254 g/mol. The molecule has 1 aromatic heterocycles. The number of unbranched alkanes of at least 4 members (excludes halogenated alkanes) is 4. The van der Waals surface area contributed by atoms with Crippen molar-refractivity contribution in [2.24, 2.45) is 0 Å². The van der Waals surface area contributed by atoms with Crippen molar-refractivity contribution in [2.75, 3.05) is 6.61 Å². The van der Waals surface area contributed by atoms with Crippen LogP contribution >= 0.6 is 11.3 Å². The van der Waals surface area contributed by atoms with Gasteiger partial charge in [-0.2, -0.15) is 0 Å². The van der Waals surface area contributed by atoms with Gasteiger partial charge in [0.25, 0.3) is 0 Å². The number of hydrogen-bond acceptors (Lipinski definition) is 3. The normalized spacial score (nSPS) is 15.0. The van der Waals surface area contributed by atoms with E-state index in [1.54, 1.807) is 0 Å². The minimum atomic E-state index is 0.794. The average Bonchev–Trinajstić information content (AvgIpc) is 3.15. The van der Waals surface area contributed by atoms with Crippen LogP contribution in [0.2, 0.25) is 0 Å². The lowest BCUT2D eigenvalue weighted by atomic mass is 10.2. The molecule has 0 amide bonds. The highest BCUT2D eigenvalue weighted by Gasteiger charge is 2.20. The van der Waals surface area contributed by atoms with Gasteiger partial charge in [-0.25, -0.2) is 0 Å². The van der Waals surface area contributed by atoms with E-state index in [0.717, 1.165) is 25.8 Å². The van der Waals surface area contributed by atoms with Crippen LogP contribution in [0, 0.1) is 0 Å². The lowest BCUT2D eigenvalue weighted by Gasteiger charge is -2.02. The Hall–Kier alpha value is -0.380. The van der Waals surface area contributed by atoms with Gasteiger partial charge in [-0.1, -0.05) is 32.6 Å². The minimum Gasteiger partial charge on any atom is -0.376 e. The first-order valence-electron chi connectivity index (χ1n) is 7.77. The molecule has 108 valence electrons. The molecule has 19 heavy (non-hydrogen) atoms. The van der Waals surface area contributed by atoms with E-state index in [-0.39, 0.29) is 0 Å². The van der Waals surface area contributed by atoms with Crippen molar-refractivity contribution in [3.8, 4) is 0 Å². The lowest BCUT2D eigenvalue weighted by molar-refractivity contribution is 0.119. The van der Waals surface area contributed by atoms with Crippen LogP contribution in [0.15, 0.2) is 12.1 Å². The molecular formula is C16H27NOS. The van der Waals surface area contributed by atoms with E-state index in [4.69, 9.17) is 4.74 Å². The van der Waals surface area contributed by atoms with E-state index in [0.29, 0.717) is 0 Å². The molecule has 0 bridgehead atoms. The maximum absolute atomic E-state index is 5.74. The summed E-state index contributed by atoms with van der Waals surface area (Å²) in [4.78, 5) is 2.80. The third-order valence-corrected chi connectivity index (χ3v) is 4.55. The number of thiophene rings is 1. The van der Waals surface area contributed by atoms with Crippen LogP contribution in [0.5, 0.6) is 0 Å². The second kappa shape index (κ2) is 8.72. The predicted octanol–water partition coefficient (Wildman–Crippen LogP) is 4.49. The van der Waals surface area contributed by atoms with Gasteiger partial charge in [0.15, 0.2) is 0 Å². The fourth-order valence-electron chi connectivity index (χ4n) is 2.11. The van der Waals surface area contributed by atoms with E-state index in [2.05, 4.69) is 24.4 Å². The average molecular weight is 281 g/mol. The van der Waals surface area contributed by atoms with E-state index in [1.165, 1.54) is 54.7 Å². The maximum atomic E-state index is 5.74. The molecule has 1 fully saturated rings. The van der Waals surface area contributed by atoms with Crippen molar-refractivity contribution in [3.63, 3.8) is 0 Å². The maximum Gasteiger partial charge on any atom is 0.0809 e. The molecule has 1 aliphatic carbocycles. The third-order valence-electron chi connectivity index (χ3n) is 3.50. The summed E-state index contributed by atoms with van der Waals surface area (Å²) in [6.45, 7) is 4.99. The van der Waals surface area contributed by atoms with E-state index < -0.39 is 0 Å².